The van der Waals surface area contributed by atoms with Crippen LogP contribution in [0.4, 0.5) is 15.3 Å². The number of aromatic nitrogens is 1. The van der Waals surface area contributed by atoms with Crippen molar-refractivity contribution >= 4 is 29.6 Å². The average molecular weight is 479 g/mol. The standard InChI is InChI=1S/C24H25N5O6/c1-25-22(32)26-16-7-8-17-15(13-16)9-10-24(17)21(31)28(23(33)35-24)14-20(30)27-11-4-6-18(27)19-5-2-3-12-29(19)34/h2-3,5,7-8,12-13,18H,4,6,9-11,14H2,1H3,(H2,25,26,32). The molecule has 1 aromatic carbocycles. The number of nitrogens with zero attached hydrogens (tertiary/aromatic N) is 3. The Bertz CT molecular complexity index is 1230. The van der Waals surface area contributed by atoms with Gasteiger partial charge >= 0.3 is 12.1 Å². The fraction of sp³-hybridized carbons (Fsp3) is 0.375. The maximum atomic E-state index is 13.4. The van der Waals surface area contributed by atoms with Crippen LogP contribution in [0.5, 0.6) is 0 Å². The molecular weight excluding hydrogens is 454 g/mol. The van der Waals surface area contributed by atoms with Crippen LogP contribution in [-0.4, -0.2) is 53.9 Å². The summed E-state index contributed by atoms with van der Waals surface area (Å²) in [7, 11) is 1.51. The van der Waals surface area contributed by atoms with E-state index in [0.29, 0.717) is 42.8 Å². The summed E-state index contributed by atoms with van der Waals surface area (Å²) in [6, 6.07) is 9.31. The number of carbonyl (C=O) groups excluding carboxylic acids is 4. The second-order valence-corrected chi connectivity index (χ2v) is 8.86. The number of urea groups is 1. The zero-order valence-corrected chi connectivity index (χ0v) is 19.2. The van der Waals surface area contributed by atoms with Crippen molar-refractivity contribution in [2.75, 3.05) is 25.5 Å². The summed E-state index contributed by atoms with van der Waals surface area (Å²) in [6.07, 6.45) is 2.60. The molecule has 2 aromatic rings. The zero-order valence-electron chi connectivity index (χ0n) is 19.2. The average Bonchev–Trinajstić information content (AvgIpc) is 3.53. The minimum Gasteiger partial charge on any atom is -0.618 e. The molecule has 35 heavy (non-hydrogen) atoms. The number of ether oxygens (including phenoxy) is 1. The van der Waals surface area contributed by atoms with Gasteiger partial charge in [-0.05, 0) is 43.0 Å². The highest BCUT2D eigenvalue weighted by Gasteiger charge is 2.58. The summed E-state index contributed by atoms with van der Waals surface area (Å²) >= 11 is 0. The number of imide groups is 1. The fourth-order valence-electron chi connectivity index (χ4n) is 5.22. The van der Waals surface area contributed by atoms with Crippen LogP contribution in [-0.2, 0) is 26.3 Å². The van der Waals surface area contributed by atoms with Crippen molar-refractivity contribution in [3.05, 3.63) is 64.6 Å². The molecule has 1 spiro atoms. The van der Waals surface area contributed by atoms with Gasteiger partial charge in [0.25, 0.3) is 5.91 Å². The Hall–Kier alpha value is -4.15. The van der Waals surface area contributed by atoms with Gasteiger partial charge in [0.1, 0.15) is 12.6 Å². The van der Waals surface area contributed by atoms with Crippen LogP contribution in [0.15, 0.2) is 42.6 Å². The number of amides is 5. The third-order valence-electron chi connectivity index (χ3n) is 6.91. The molecule has 5 rings (SSSR count). The monoisotopic (exact) mass is 479 g/mol. The quantitative estimate of drug-likeness (QED) is 0.505. The molecule has 0 saturated carbocycles. The number of nitrogens with one attached hydrogen (secondary N) is 2. The number of aryl methyl sites for hydroxylation is 1. The van der Waals surface area contributed by atoms with E-state index in [4.69, 9.17) is 4.74 Å². The van der Waals surface area contributed by atoms with Crippen molar-refractivity contribution in [3.8, 4) is 0 Å². The first-order valence-corrected chi connectivity index (χ1v) is 11.5. The number of fused-ring (bicyclic) bond motifs is 2. The molecule has 3 aliphatic rings. The van der Waals surface area contributed by atoms with E-state index in [-0.39, 0.29) is 12.5 Å². The number of hydrogen-bond acceptors (Lipinski definition) is 6. The third kappa shape index (κ3) is 3.72. The number of hydrogen-bond donors (Lipinski definition) is 2. The Morgan fingerprint density at radius 3 is 2.86 bits per heavy atom. The summed E-state index contributed by atoms with van der Waals surface area (Å²) in [4.78, 5) is 53.4. The second-order valence-electron chi connectivity index (χ2n) is 8.86. The molecule has 2 atom stereocenters. The van der Waals surface area contributed by atoms with Crippen LogP contribution >= 0.6 is 0 Å². The van der Waals surface area contributed by atoms with Crippen molar-refractivity contribution in [3.63, 3.8) is 0 Å². The van der Waals surface area contributed by atoms with E-state index in [1.165, 1.54) is 13.2 Å². The summed E-state index contributed by atoms with van der Waals surface area (Å²) in [5.41, 5.74) is 0.887. The minimum absolute atomic E-state index is 0.258. The van der Waals surface area contributed by atoms with Gasteiger partial charge in [0.05, 0.1) is 0 Å². The Morgan fingerprint density at radius 1 is 1.26 bits per heavy atom. The summed E-state index contributed by atoms with van der Waals surface area (Å²) in [5, 5.41) is 17.4. The van der Waals surface area contributed by atoms with E-state index < -0.39 is 36.1 Å². The number of benzene rings is 1. The molecule has 2 fully saturated rings. The van der Waals surface area contributed by atoms with Crippen LogP contribution in [0, 0.1) is 5.21 Å². The molecule has 5 amide bonds. The normalized spacial score (nSPS) is 22.9. The molecule has 3 heterocycles. The number of anilines is 1. The SMILES string of the molecule is CNC(=O)Nc1ccc2c(c1)CCC21OC(=O)N(CC(=O)N2CCCC2c2cccc[n+]2[O-])C1=O. The molecule has 1 aliphatic carbocycles. The Labute approximate surface area is 201 Å². The number of likely N-dealkylation sites (tertiary alicyclic amines) is 1. The van der Waals surface area contributed by atoms with Crippen molar-refractivity contribution in [1.29, 1.82) is 0 Å². The Balaban J connectivity index is 1.34. The van der Waals surface area contributed by atoms with E-state index in [2.05, 4.69) is 10.6 Å². The summed E-state index contributed by atoms with van der Waals surface area (Å²) < 4.78 is 6.35. The molecule has 2 unspecified atom stereocenters. The van der Waals surface area contributed by atoms with Crippen LogP contribution in [0.1, 0.15) is 42.1 Å². The van der Waals surface area contributed by atoms with Gasteiger partial charge in [-0.15, -0.1) is 0 Å². The fourth-order valence-corrected chi connectivity index (χ4v) is 5.22. The van der Waals surface area contributed by atoms with Crippen molar-refractivity contribution in [2.45, 2.75) is 37.3 Å². The largest absolute Gasteiger partial charge is 0.618 e. The number of carbonyl (C=O) groups is 4. The predicted octanol–water partition coefficient (Wildman–Crippen LogP) is 1.56. The maximum Gasteiger partial charge on any atom is 0.418 e. The summed E-state index contributed by atoms with van der Waals surface area (Å²) in [5.74, 6) is -0.988. The van der Waals surface area contributed by atoms with Crippen LogP contribution in [0.2, 0.25) is 0 Å². The van der Waals surface area contributed by atoms with Gasteiger partial charge in [0.2, 0.25) is 17.2 Å². The molecule has 11 heteroatoms. The first-order chi connectivity index (χ1) is 16.8. The van der Waals surface area contributed by atoms with Crippen LogP contribution in [0.3, 0.4) is 0 Å². The van der Waals surface area contributed by atoms with Gasteiger partial charge < -0.3 is 25.5 Å². The third-order valence-corrected chi connectivity index (χ3v) is 6.91. The highest BCUT2D eigenvalue weighted by Crippen LogP contribution is 2.46. The molecule has 2 aliphatic heterocycles. The Kier molecular flexibility index (Phi) is 5.54. The smallest absolute Gasteiger partial charge is 0.418 e. The van der Waals surface area contributed by atoms with E-state index in [9.17, 15) is 24.4 Å². The lowest BCUT2D eigenvalue weighted by molar-refractivity contribution is -0.616. The van der Waals surface area contributed by atoms with Crippen LogP contribution in [0.25, 0.3) is 0 Å². The van der Waals surface area contributed by atoms with Gasteiger partial charge in [-0.1, -0.05) is 6.07 Å². The van der Waals surface area contributed by atoms with Gasteiger partial charge in [-0.3, -0.25) is 9.59 Å². The van der Waals surface area contributed by atoms with E-state index in [1.807, 2.05) is 0 Å². The molecule has 2 saturated heterocycles. The van der Waals surface area contributed by atoms with E-state index in [1.54, 1.807) is 41.3 Å². The molecular formula is C24H25N5O6. The number of rotatable bonds is 4. The zero-order chi connectivity index (χ0) is 24.7. The first-order valence-electron chi connectivity index (χ1n) is 11.5. The van der Waals surface area contributed by atoms with Crippen molar-refractivity contribution in [1.82, 2.24) is 15.1 Å². The second kappa shape index (κ2) is 8.57. The van der Waals surface area contributed by atoms with Gasteiger partial charge in [0, 0.05) is 43.4 Å². The van der Waals surface area contributed by atoms with Crippen molar-refractivity contribution in [2.24, 2.45) is 0 Å². The Morgan fingerprint density at radius 2 is 2.09 bits per heavy atom. The predicted molar refractivity (Wildman–Crippen MR) is 122 cm³/mol. The number of pyridine rings is 1. The lowest BCUT2D eigenvalue weighted by Crippen LogP contribution is -2.46. The van der Waals surface area contributed by atoms with Gasteiger partial charge in [0.15, 0.2) is 6.20 Å². The highest BCUT2D eigenvalue weighted by atomic mass is 16.6. The molecule has 11 nitrogen and oxygen atoms in total. The maximum absolute atomic E-state index is 13.4. The van der Waals surface area contributed by atoms with E-state index in [0.717, 1.165) is 15.2 Å². The first kappa shape index (κ1) is 22.6. The highest BCUT2D eigenvalue weighted by molar-refractivity contribution is 6.06. The minimum atomic E-state index is -1.47. The molecule has 182 valence electrons. The van der Waals surface area contributed by atoms with Gasteiger partial charge in [-0.2, -0.15) is 4.73 Å². The van der Waals surface area contributed by atoms with Gasteiger partial charge in [-0.25, -0.2) is 14.5 Å². The molecule has 0 radical (unpaired) electrons. The summed E-state index contributed by atoms with van der Waals surface area (Å²) in [6.45, 7) is -0.0161. The molecule has 2 N–H and O–H groups in total. The van der Waals surface area contributed by atoms with Crippen molar-refractivity contribution < 1.29 is 28.6 Å². The molecule has 1 aromatic heterocycles. The topological polar surface area (TPSA) is 135 Å². The molecule has 0 bridgehead atoms. The lowest BCUT2D eigenvalue weighted by atomic mass is 9.94. The van der Waals surface area contributed by atoms with E-state index >= 15 is 0 Å². The van der Waals surface area contributed by atoms with Crippen LogP contribution < -0.4 is 15.4 Å². The lowest BCUT2D eigenvalue weighted by Gasteiger charge is -2.25.